The van der Waals surface area contributed by atoms with E-state index in [1.807, 2.05) is 11.3 Å². The molecule has 1 nitrogen and oxygen atoms in total. The van der Waals surface area contributed by atoms with E-state index in [0.717, 1.165) is 30.3 Å². The Morgan fingerprint density at radius 3 is 2.55 bits per heavy atom. The minimum Gasteiger partial charge on any atom is -0.314 e. The summed E-state index contributed by atoms with van der Waals surface area (Å²) < 4.78 is 0. The van der Waals surface area contributed by atoms with E-state index in [1.165, 1.54) is 37.0 Å². The van der Waals surface area contributed by atoms with E-state index in [2.05, 4.69) is 45.1 Å². The molecule has 1 heterocycles. The third-order valence-corrected chi connectivity index (χ3v) is 6.21. The first-order valence-corrected chi connectivity index (χ1v) is 9.26. The Labute approximate surface area is 129 Å². The van der Waals surface area contributed by atoms with E-state index in [0.29, 0.717) is 0 Å². The lowest BCUT2D eigenvalue weighted by Crippen LogP contribution is -2.42. The molecular weight excluding hydrogens is 262 g/mol. The van der Waals surface area contributed by atoms with Gasteiger partial charge in [-0.3, -0.25) is 0 Å². The SMILES string of the molecule is CCNC1CCC(C(C)C)CC1Cc1ccc(CC)s1. The number of thiophene rings is 1. The second kappa shape index (κ2) is 7.61. The van der Waals surface area contributed by atoms with Crippen LogP contribution in [0.25, 0.3) is 0 Å². The predicted octanol–water partition coefficient (Wildman–Crippen LogP) is 4.90. The average Bonchev–Trinajstić information content (AvgIpc) is 2.88. The van der Waals surface area contributed by atoms with E-state index in [1.54, 1.807) is 4.88 Å². The Kier molecular flexibility index (Phi) is 6.10. The Morgan fingerprint density at radius 2 is 1.95 bits per heavy atom. The smallest absolute Gasteiger partial charge is 0.00988 e. The molecule has 1 aromatic heterocycles. The molecule has 1 N–H and O–H groups in total. The zero-order valence-electron chi connectivity index (χ0n) is 13.6. The summed E-state index contributed by atoms with van der Waals surface area (Å²) in [6.07, 6.45) is 6.66. The molecule has 114 valence electrons. The minimum absolute atomic E-state index is 0.738. The lowest BCUT2D eigenvalue weighted by molar-refractivity contribution is 0.169. The van der Waals surface area contributed by atoms with E-state index in [4.69, 9.17) is 0 Å². The van der Waals surface area contributed by atoms with Crippen LogP contribution in [0.3, 0.4) is 0 Å². The first kappa shape index (κ1) is 16.0. The summed E-state index contributed by atoms with van der Waals surface area (Å²) in [5, 5.41) is 3.74. The van der Waals surface area contributed by atoms with Gasteiger partial charge in [0.15, 0.2) is 0 Å². The molecule has 0 amide bonds. The number of hydrogen-bond acceptors (Lipinski definition) is 2. The Hall–Kier alpha value is -0.340. The molecule has 0 spiro atoms. The third-order valence-electron chi connectivity index (χ3n) is 4.96. The third kappa shape index (κ3) is 4.08. The van der Waals surface area contributed by atoms with Gasteiger partial charge in [0.2, 0.25) is 0 Å². The van der Waals surface area contributed by atoms with Crippen molar-refractivity contribution in [2.24, 2.45) is 17.8 Å². The summed E-state index contributed by atoms with van der Waals surface area (Å²) in [7, 11) is 0. The zero-order chi connectivity index (χ0) is 14.5. The number of aryl methyl sites for hydroxylation is 1. The van der Waals surface area contributed by atoms with Gasteiger partial charge in [0, 0.05) is 15.8 Å². The number of hydrogen-bond donors (Lipinski definition) is 1. The quantitative estimate of drug-likeness (QED) is 0.786. The minimum atomic E-state index is 0.738. The van der Waals surface area contributed by atoms with Gasteiger partial charge in [0.05, 0.1) is 0 Å². The van der Waals surface area contributed by atoms with Gasteiger partial charge >= 0.3 is 0 Å². The van der Waals surface area contributed by atoms with Crippen molar-refractivity contribution in [1.82, 2.24) is 5.32 Å². The normalized spacial score (nSPS) is 27.1. The molecule has 1 fully saturated rings. The van der Waals surface area contributed by atoms with Crippen molar-refractivity contribution >= 4 is 11.3 Å². The van der Waals surface area contributed by atoms with Crippen molar-refractivity contribution in [2.75, 3.05) is 6.54 Å². The Morgan fingerprint density at radius 1 is 1.20 bits per heavy atom. The molecule has 0 aromatic carbocycles. The second-order valence-electron chi connectivity index (χ2n) is 6.67. The maximum absolute atomic E-state index is 3.74. The molecule has 1 aromatic rings. The van der Waals surface area contributed by atoms with Crippen molar-refractivity contribution in [3.63, 3.8) is 0 Å². The molecule has 3 atom stereocenters. The first-order chi connectivity index (χ1) is 9.63. The van der Waals surface area contributed by atoms with Gasteiger partial charge < -0.3 is 5.32 Å². The monoisotopic (exact) mass is 293 g/mol. The van der Waals surface area contributed by atoms with Gasteiger partial charge in [-0.25, -0.2) is 0 Å². The maximum Gasteiger partial charge on any atom is 0.00988 e. The fraction of sp³-hybridized carbons (Fsp3) is 0.778. The fourth-order valence-corrected chi connectivity index (χ4v) is 4.69. The van der Waals surface area contributed by atoms with E-state index in [9.17, 15) is 0 Å². The number of nitrogens with one attached hydrogen (secondary N) is 1. The van der Waals surface area contributed by atoms with Gasteiger partial charge in [-0.2, -0.15) is 0 Å². The molecule has 1 saturated carbocycles. The van der Waals surface area contributed by atoms with Crippen LogP contribution >= 0.6 is 11.3 Å². The van der Waals surface area contributed by atoms with Crippen LogP contribution in [0.5, 0.6) is 0 Å². The highest BCUT2D eigenvalue weighted by atomic mass is 32.1. The van der Waals surface area contributed by atoms with Crippen LogP contribution in [0.2, 0.25) is 0 Å². The summed E-state index contributed by atoms with van der Waals surface area (Å²) in [4.78, 5) is 3.13. The van der Waals surface area contributed by atoms with Crippen LogP contribution < -0.4 is 5.32 Å². The summed E-state index contributed by atoms with van der Waals surface area (Å²) in [6, 6.07) is 5.43. The summed E-state index contributed by atoms with van der Waals surface area (Å²) in [6.45, 7) is 10.4. The van der Waals surface area contributed by atoms with Gasteiger partial charge in [-0.1, -0.05) is 27.7 Å². The van der Waals surface area contributed by atoms with Gasteiger partial charge in [-0.15, -0.1) is 11.3 Å². The highest BCUT2D eigenvalue weighted by molar-refractivity contribution is 7.11. The molecule has 1 aliphatic rings. The van der Waals surface area contributed by atoms with Crippen molar-refractivity contribution in [1.29, 1.82) is 0 Å². The lowest BCUT2D eigenvalue weighted by atomic mass is 9.72. The summed E-state index contributed by atoms with van der Waals surface area (Å²) >= 11 is 2.03. The highest BCUT2D eigenvalue weighted by Crippen LogP contribution is 2.36. The summed E-state index contributed by atoms with van der Waals surface area (Å²) in [5.41, 5.74) is 0. The van der Waals surface area contributed by atoms with Gasteiger partial charge in [0.25, 0.3) is 0 Å². The van der Waals surface area contributed by atoms with Crippen LogP contribution in [-0.4, -0.2) is 12.6 Å². The van der Waals surface area contributed by atoms with Crippen LogP contribution in [0.1, 0.15) is 56.7 Å². The standard InChI is InChI=1S/C18H31NS/c1-5-16-8-9-17(20-16)12-15-11-14(13(3)4)7-10-18(15)19-6-2/h8-9,13-15,18-19H,5-7,10-12H2,1-4H3. The van der Waals surface area contributed by atoms with E-state index >= 15 is 0 Å². The Balaban J connectivity index is 2.02. The Bertz CT molecular complexity index is 396. The molecule has 0 bridgehead atoms. The maximum atomic E-state index is 3.74. The highest BCUT2D eigenvalue weighted by Gasteiger charge is 2.31. The first-order valence-electron chi connectivity index (χ1n) is 8.45. The van der Waals surface area contributed by atoms with Crippen molar-refractivity contribution in [2.45, 2.75) is 65.8 Å². The molecule has 0 radical (unpaired) electrons. The van der Waals surface area contributed by atoms with Crippen molar-refractivity contribution in [3.8, 4) is 0 Å². The van der Waals surface area contributed by atoms with Crippen LogP contribution in [0.4, 0.5) is 0 Å². The van der Waals surface area contributed by atoms with Crippen LogP contribution in [0.15, 0.2) is 12.1 Å². The molecule has 3 unspecified atom stereocenters. The van der Waals surface area contributed by atoms with Gasteiger partial charge in [-0.05, 0) is 68.5 Å². The molecule has 0 saturated heterocycles. The van der Waals surface area contributed by atoms with Crippen LogP contribution in [0, 0.1) is 17.8 Å². The molecule has 2 rings (SSSR count). The second-order valence-corrected chi connectivity index (χ2v) is 7.92. The molecular formula is C18H31NS. The molecule has 0 aliphatic heterocycles. The zero-order valence-corrected chi connectivity index (χ0v) is 14.4. The lowest BCUT2D eigenvalue weighted by Gasteiger charge is -2.38. The van der Waals surface area contributed by atoms with E-state index in [-0.39, 0.29) is 0 Å². The van der Waals surface area contributed by atoms with Crippen molar-refractivity contribution < 1.29 is 0 Å². The van der Waals surface area contributed by atoms with E-state index < -0.39 is 0 Å². The molecule has 20 heavy (non-hydrogen) atoms. The predicted molar refractivity (Wildman–Crippen MR) is 90.5 cm³/mol. The molecule has 1 aliphatic carbocycles. The molecule has 2 heteroatoms. The fourth-order valence-electron chi connectivity index (χ4n) is 3.64. The number of rotatable bonds is 6. The van der Waals surface area contributed by atoms with Crippen molar-refractivity contribution in [3.05, 3.63) is 21.9 Å². The van der Waals surface area contributed by atoms with Gasteiger partial charge in [0.1, 0.15) is 0 Å². The topological polar surface area (TPSA) is 12.0 Å². The largest absolute Gasteiger partial charge is 0.314 e. The average molecular weight is 294 g/mol. The van der Waals surface area contributed by atoms with Crippen LogP contribution in [-0.2, 0) is 12.8 Å². The summed E-state index contributed by atoms with van der Waals surface area (Å²) in [5.74, 6) is 2.61.